The smallest absolute Gasteiger partial charge is 0.206 e. The number of halogens is 4. The van der Waals surface area contributed by atoms with Crippen LogP contribution in [-0.2, 0) is 6.18 Å². The van der Waals surface area contributed by atoms with Crippen molar-refractivity contribution >= 4 is 10.8 Å². The van der Waals surface area contributed by atoms with E-state index < -0.39 is 11.7 Å². The largest absolute Gasteiger partial charge is 0.416 e. The SMILES string of the molecule is CCCC[C@H]1CC[C@H](c2ccc3c(F)c(-c4ccc(C(F)(F)F)cc4)ccc3c2)CC1. The summed E-state index contributed by atoms with van der Waals surface area (Å²) in [6.07, 6.45) is 4.41. The third-order valence-corrected chi connectivity index (χ3v) is 6.79. The van der Waals surface area contributed by atoms with Crippen LogP contribution in [0.2, 0.25) is 0 Å². The average Bonchev–Trinajstić information content (AvgIpc) is 2.77. The van der Waals surface area contributed by atoms with Gasteiger partial charge in [0.25, 0.3) is 0 Å². The first-order valence-electron chi connectivity index (χ1n) is 11.3. The van der Waals surface area contributed by atoms with Crippen molar-refractivity contribution in [2.24, 2.45) is 5.92 Å². The van der Waals surface area contributed by atoms with Gasteiger partial charge in [-0.25, -0.2) is 4.39 Å². The minimum atomic E-state index is -4.40. The Morgan fingerprint density at radius 2 is 1.58 bits per heavy atom. The number of rotatable bonds is 5. The topological polar surface area (TPSA) is 0 Å². The summed E-state index contributed by atoms with van der Waals surface area (Å²) in [6, 6.07) is 14.2. The zero-order chi connectivity index (χ0) is 22.0. The van der Waals surface area contributed by atoms with Crippen LogP contribution < -0.4 is 0 Å². The first kappa shape index (κ1) is 21.9. The summed E-state index contributed by atoms with van der Waals surface area (Å²) in [5.74, 6) is 0.993. The van der Waals surface area contributed by atoms with Gasteiger partial charge >= 0.3 is 6.18 Å². The molecule has 0 atom stereocenters. The number of benzene rings is 3. The molecule has 31 heavy (non-hydrogen) atoms. The van der Waals surface area contributed by atoms with E-state index in [1.807, 2.05) is 18.2 Å². The molecule has 1 aliphatic carbocycles. The Morgan fingerprint density at radius 3 is 2.23 bits per heavy atom. The van der Waals surface area contributed by atoms with Crippen LogP contribution >= 0.6 is 0 Å². The molecule has 0 saturated heterocycles. The van der Waals surface area contributed by atoms with Crippen LogP contribution in [0.15, 0.2) is 54.6 Å². The number of unbranched alkanes of at least 4 members (excludes halogenated alkanes) is 1. The molecule has 164 valence electrons. The van der Waals surface area contributed by atoms with Crippen LogP contribution in [0, 0.1) is 11.7 Å². The van der Waals surface area contributed by atoms with Crippen molar-refractivity contribution in [2.75, 3.05) is 0 Å². The van der Waals surface area contributed by atoms with Crippen molar-refractivity contribution in [3.63, 3.8) is 0 Å². The number of hydrogen-bond acceptors (Lipinski definition) is 0. The molecule has 0 radical (unpaired) electrons. The van der Waals surface area contributed by atoms with E-state index in [1.54, 1.807) is 6.07 Å². The molecular weight excluding hydrogens is 400 g/mol. The van der Waals surface area contributed by atoms with Gasteiger partial charge in [0.05, 0.1) is 5.56 Å². The zero-order valence-corrected chi connectivity index (χ0v) is 17.8. The highest BCUT2D eigenvalue weighted by Crippen LogP contribution is 2.39. The molecule has 3 aromatic rings. The maximum absolute atomic E-state index is 15.2. The predicted octanol–water partition coefficient (Wildman–Crippen LogP) is 9.13. The summed E-state index contributed by atoms with van der Waals surface area (Å²) in [5.41, 5.74) is 1.31. The van der Waals surface area contributed by atoms with Crippen molar-refractivity contribution in [2.45, 2.75) is 64.0 Å². The lowest BCUT2D eigenvalue weighted by atomic mass is 9.77. The highest BCUT2D eigenvalue weighted by molar-refractivity contribution is 5.89. The van der Waals surface area contributed by atoms with Gasteiger partial charge < -0.3 is 0 Å². The molecular formula is C27H28F4. The van der Waals surface area contributed by atoms with Gasteiger partial charge in [0, 0.05) is 10.9 Å². The lowest BCUT2D eigenvalue weighted by molar-refractivity contribution is -0.137. The van der Waals surface area contributed by atoms with Crippen molar-refractivity contribution in [1.82, 2.24) is 0 Å². The van der Waals surface area contributed by atoms with E-state index in [0.29, 0.717) is 22.4 Å². The maximum Gasteiger partial charge on any atom is 0.416 e. The van der Waals surface area contributed by atoms with Crippen LogP contribution in [0.4, 0.5) is 17.6 Å². The fourth-order valence-electron chi connectivity index (χ4n) is 4.90. The molecule has 1 saturated carbocycles. The van der Waals surface area contributed by atoms with Gasteiger partial charge in [-0.2, -0.15) is 13.2 Å². The fraction of sp³-hybridized carbons (Fsp3) is 0.407. The number of hydrogen-bond donors (Lipinski definition) is 0. The Hall–Kier alpha value is -2.36. The molecule has 0 unspecified atom stereocenters. The average molecular weight is 429 g/mol. The summed E-state index contributed by atoms with van der Waals surface area (Å²) in [5, 5.41) is 1.36. The first-order chi connectivity index (χ1) is 14.9. The molecule has 0 bridgehead atoms. The van der Waals surface area contributed by atoms with E-state index in [9.17, 15) is 13.2 Å². The lowest BCUT2D eigenvalue weighted by Gasteiger charge is -2.29. The van der Waals surface area contributed by atoms with Crippen LogP contribution in [0.3, 0.4) is 0 Å². The van der Waals surface area contributed by atoms with Gasteiger partial charge in [-0.15, -0.1) is 0 Å². The molecule has 4 rings (SSSR count). The highest BCUT2D eigenvalue weighted by Gasteiger charge is 2.30. The summed E-state index contributed by atoms with van der Waals surface area (Å²) < 4.78 is 53.6. The van der Waals surface area contributed by atoms with Gasteiger partial charge in [-0.05, 0) is 66.2 Å². The van der Waals surface area contributed by atoms with Crippen molar-refractivity contribution in [3.05, 3.63) is 71.5 Å². The zero-order valence-electron chi connectivity index (χ0n) is 17.8. The van der Waals surface area contributed by atoms with Gasteiger partial charge in [-0.3, -0.25) is 0 Å². The molecule has 1 fully saturated rings. The third kappa shape index (κ3) is 4.78. The van der Waals surface area contributed by atoms with Gasteiger partial charge in [0.2, 0.25) is 0 Å². The Morgan fingerprint density at radius 1 is 0.871 bits per heavy atom. The molecule has 0 aromatic heterocycles. The Balaban J connectivity index is 1.55. The van der Waals surface area contributed by atoms with Crippen molar-refractivity contribution in [3.8, 4) is 11.1 Å². The van der Waals surface area contributed by atoms with Crippen molar-refractivity contribution < 1.29 is 17.6 Å². The summed E-state index contributed by atoms with van der Waals surface area (Å²) in [4.78, 5) is 0. The quantitative estimate of drug-likeness (QED) is 0.355. The van der Waals surface area contributed by atoms with E-state index in [1.165, 1.54) is 62.6 Å². The van der Waals surface area contributed by atoms with E-state index in [-0.39, 0.29) is 5.82 Å². The first-order valence-corrected chi connectivity index (χ1v) is 11.3. The van der Waals surface area contributed by atoms with E-state index in [2.05, 4.69) is 13.0 Å². The maximum atomic E-state index is 15.2. The minimum absolute atomic E-state index is 0.324. The summed E-state index contributed by atoms with van der Waals surface area (Å²) in [6.45, 7) is 2.24. The van der Waals surface area contributed by atoms with Crippen LogP contribution in [0.25, 0.3) is 21.9 Å². The van der Waals surface area contributed by atoms with Gasteiger partial charge in [0.15, 0.2) is 0 Å². The second-order valence-corrected chi connectivity index (χ2v) is 8.84. The monoisotopic (exact) mass is 428 g/mol. The molecule has 0 amide bonds. The molecule has 0 aliphatic heterocycles. The van der Waals surface area contributed by atoms with E-state index >= 15 is 4.39 Å². The predicted molar refractivity (Wildman–Crippen MR) is 119 cm³/mol. The van der Waals surface area contributed by atoms with Gasteiger partial charge in [-0.1, -0.05) is 68.7 Å². The molecule has 3 aromatic carbocycles. The van der Waals surface area contributed by atoms with Gasteiger partial charge in [0.1, 0.15) is 5.82 Å². The Kier molecular flexibility index (Phi) is 6.36. The number of fused-ring (bicyclic) bond motifs is 1. The van der Waals surface area contributed by atoms with Crippen LogP contribution in [0.5, 0.6) is 0 Å². The molecule has 0 nitrogen and oxygen atoms in total. The molecule has 0 heterocycles. The standard InChI is InChI=1S/C27H28F4/c1-2-3-4-18-5-7-19(8-6-18)21-11-15-25-22(17-21)12-16-24(26(25)28)20-9-13-23(14-10-20)27(29,30)31/h9-19H,2-8H2,1H3/t18-,19-. The second kappa shape index (κ2) is 9.02. The summed E-state index contributed by atoms with van der Waals surface area (Å²) >= 11 is 0. The summed E-state index contributed by atoms with van der Waals surface area (Å²) in [7, 11) is 0. The van der Waals surface area contributed by atoms with Crippen molar-refractivity contribution in [1.29, 1.82) is 0 Å². The van der Waals surface area contributed by atoms with Crippen LogP contribution in [0.1, 0.15) is 68.9 Å². The van der Waals surface area contributed by atoms with E-state index in [0.717, 1.165) is 23.4 Å². The minimum Gasteiger partial charge on any atom is -0.206 e. The Bertz CT molecular complexity index is 1030. The van der Waals surface area contributed by atoms with Crippen LogP contribution in [-0.4, -0.2) is 0 Å². The molecule has 4 heteroatoms. The fourth-order valence-corrected chi connectivity index (χ4v) is 4.90. The third-order valence-electron chi connectivity index (χ3n) is 6.79. The molecule has 0 N–H and O–H groups in total. The normalized spacial score (nSPS) is 19.6. The highest BCUT2D eigenvalue weighted by atomic mass is 19.4. The lowest BCUT2D eigenvalue weighted by Crippen LogP contribution is -2.13. The molecule has 1 aliphatic rings. The number of alkyl halides is 3. The second-order valence-electron chi connectivity index (χ2n) is 8.84. The Labute approximate surface area is 181 Å². The molecule has 0 spiro atoms. The van der Waals surface area contributed by atoms with E-state index in [4.69, 9.17) is 0 Å².